The number of fused-ring (bicyclic) bond motifs is 1. The SMILES string of the molecule is Cc1ccc(-c2cc(-c3ccc(C)cc3)cc(-c3cc[c-]c(-c4nccc5ccccc45)c3)c2)cc1.[Ir]. The summed E-state index contributed by atoms with van der Waals surface area (Å²) in [5, 5.41) is 2.33. The van der Waals surface area contributed by atoms with E-state index in [1.807, 2.05) is 12.3 Å². The Bertz CT molecular complexity index is 1610. The molecule has 1 aromatic heterocycles. The van der Waals surface area contributed by atoms with Crippen molar-refractivity contribution >= 4 is 10.8 Å². The van der Waals surface area contributed by atoms with Gasteiger partial charge in [0.25, 0.3) is 0 Å². The maximum Gasteiger partial charge on any atom is 0.0167 e. The van der Waals surface area contributed by atoms with Gasteiger partial charge < -0.3 is 4.98 Å². The van der Waals surface area contributed by atoms with E-state index in [9.17, 15) is 0 Å². The minimum absolute atomic E-state index is 0. The first-order valence-corrected chi connectivity index (χ1v) is 12.3. The number of pyridine rings is 1. The van der Waals surface area contributed by atoms with Gasteiger partial charge in [0.2, 0.25) is 0 Å². The molecular formula is C35H26IrN-. The molecule has 0 amide bonds. The van der Waals surface area contributed by atoms with E-state index in [1.54, 1.807) is 0 Å². The number of benzene rings is 5. The molecule has 0 spiro atoms. The van der Waals surface area contributed by atoms with Crippen molar-refractivity contribution < 1.29 is 20.1 Å². The Balaban J connectivity index is 0.00000280. The third kappa shape index (κ3) is 5.18. The summed E-state index contributed by atoms with van der Waals surface area (Å²) in [7, 11) is 0. The van der Waals surface area contributed by atoms with Gasteiger partial charge in [-0.3, -0.25) is 0 Å². The maximum absolute atomic E-state index is 4.73. The summed E-state index contributed by atoms with van der Waals surface area (Å²) in [6, 6.07) is 44.6. The number of aromatic nitrogens is 1. The summed E-state index contributed by atoms with van der Waals surface area (Å²) in [4.78, 5) is 4.73. The molecule has 0 unspecified atom stereocenters. The maximum atomic E-state index is 4.73. The quantitative estimate of drug-likeness (QED) is 0.173. The largest absolute Gasteiger partial charge is 0.304 e. The minimum Gasteiger partial charge on any atom is -0.304 e. The summed E-state index contributed by atoms with van der Waals surface area (Å²) >= 11 is 0. The van der Waals surface area contributed by atoms with Crippen molar-refractivity contribution in [3.63, 3.8) is 0 Å². The van der Waals surface area contributed by atoms with Crippen LogP contribution in [0, 0.1) is 19.9 Å². The molecule has 0 saturated heterocycles. The van der Waals surface area contributed by atoms with Gasteiger partial charge in [0.1, 0.15) is 0 Å². The molecule has 1 nitrogen and oxygen atoms in total. The number of hydrogen-bond acceptors (Lipinski definition) is 1. The van der Waals surface area contributed by atoms with Crippen LogP contribution in [-0.2, 0) is 20.1 Å². The van der Waals surface area contributed by atoms with E-state index in [0.717, 1.165) is 22.2 Å². The van der Waals surface area contributed by atoms with Crippen LogP contribution in [0.3, 0.4) is 0 Å². The summed E-state index contributed by atoms with van der Waals surface area (Å²) in [6.45, 7) is 4.25. The van der Waals surface area contributed by atoms with Gasteiger partial charge in [0.05, 0.1) is 0 Å². The first kappa shape index (κ1) is 24.8. The van der Waals surface area contributed by atoms with Gasteiger partial charge in [0.15, 0.2) is 0 Å². The zero-order chi connectivity index (χ0) is 24.5. The fourth-order valence-corrected chi connectivity index (χ4v) is 4.74. The molecule has 0 bridgehead atoms. The van der Waals surface area contributed by atoms with Crippen molar-refractivity contribution in [1.29, 1.82) is 0 Å². The normalized spacial score (nSPS) is 10.8. The van der Waals surface area contributed by atoms with Crippen LogP contribution in [0.5, 0.6) is 0 Å². The number of aryl methyl sites for hydroxylation is 2. The first-order valence-electron chi connectivity index (χ1n) is 12.3. The van der Waals surface area contributed by atoms with E-state index in [0.29, 0.717) is 0 Å². The summed E-state index contributed by atoms with van der Waals surface area (Å²) in [6.07, 6.45) is 1.88. The minimum atomic E-state index is 0. The molecule has 0 N–H and O–H groups in total. The van der Waals surface area contributed by atoms with Crippen molar-refractivity contribution in [3.8, 4) is 44.6 Å². The van der Waals surface area contributed by atoms with Gasteiger partial charge in [-0.15, -0.1) is 35.4 Å². The van der Waals surface area contributed by atoms with Gasteiger partial charge in [-0.2, -0.15) is 0 Å². The molecule has 0 aliphatic carbocycles. The van der Waals surface area contributed by atoms with E-state index in [-0.39, 0.29) is 20.1 Å². The fraction of sp³-hybridized carbons (Fsp3) is 0.0571. The van der Waals surface area contributed by atoms with Crippen molar-refractivity contribution in [2.45, 2.75) is 13.8 Å². The average Bonchev–Trinajstić information content (AvgIpc) is 2.93. The second kappa shape index (κ2) is 10.6. The molecule has 0 aliphatic rings. The summed E-state index contributed by atoms with van der Waals surface area (Å²) in [5.74, 6) is 0. The molecule has 181 valence electrons. The molecule has 2 heteroatoms. The molecule has 0 fully saturated rings. The molecular weight excluding hydrogens is 627 g/mol. The Hall–Kier alpha value is -3.84. The molecule has 37 heavy (non-hydrogen) atoms. The van der Waals surface area contributed by atoms with Gasteiger partial charge in [-0.25, -0.2) is 0 Å². The number of nitrogens with zero attached hydrogens (tertiary/aromatic N) is 1. The van der Waals surface area contributed by atoms with Crippen LogP contribution in [-0.4, -0.2) is 4.98 Å². The van der Waals surface area contributed by atoms with Gasteiger partial charge in [0, 0.05) is 26.3 Å². The Morgan fingerprint density at radius 2 is 1.11 bits per heavy atom. The molecule has 6 rings (SSSR count). The second-order valence-corrected chi connectivity index (χ2v) is 9.40. The van der Waals surface area contributed by atoms with Gasteiger partial charge in [-0.1, -0.05) is 83.9 Å². The van der Waals surface area contributed by atoms with Crippen LogP contribution in [0.25, 0.3) is 55.4 Å². The molecule has 1 radical (unpaired) electrons. The average molecular weight is 653 g/mol. The van der Waals surface area contributed by atoms with E-state index in [4.69, 9.17) is 4.98 Å². The summed E-state index contributed by atoms with van der Waals surface area (Å²) < 4.78 is 0. The smallest absolute Gasteiger partial charge is 0.0167 e. The van der Waals surface area contributed by atoms with E-state index in [2.05, 4.69) is 129 Å². The van der Waals surface area contributed by atoms with Crippen molar-refractivity contribution in [2.75, 3.05) is 0 Å². The van der Waals surface area contributed by atoms with E-state index in [1.165, 1.54) is 44.3 Å². The molecule has 5 aromatic carbocycles. The van der Waals surface area contributed by atoms with E-state index < -0.39 is 0 Å². The second-order valence-electron chi connectivity index (χ2n) is 9.40. The van der Waals surface area contributed by atoms with Crippen molar-refractivity contribution in [1.82, 2.24) is 4.98 Å². The van der Waals surface area contributed by atoms with Crippen LogP contribution in [0.4, 0.5) is 0 Å². The molecule has 1 heterocycles. The first-order chi connectivity index (χ1) is 17.6. The Morgan fingerprint density at radius 3 is 1.73 bits per heavy atom. The zero-order valence-corrected chi connectivity index (χ0v) is 23.2. The Labute approximate surface area is 232 Å². The monoisotopic (exact) mass is 653 g/mol. The predicted octanol–water partition coefficient (Wildman–Crippen LogP) is 9.32. The molecule has 0 atom stereocenters. The Morgan fingerprint density at radius 1 is 0.541 bits per heavy atom. The number of hydrogen-bond donors (Lipinski definition) is 0. The van der Waals surface area contributed by atoms with Crippen LogP contribution in [0.2, 0.25) is 0 Å². The van der Waals surface area contributed by atoms with Crippen molar-refractivity contribution in [3.05, 3.63) is 139 Å². The third-order valence-corrected chi connectivity index (χ3v) is 6.77. The van der Waals surface area contributed by atoms with Gasteiger partial charge >= 0.3 is 0 Å². The molecule has 0 aliphatic heterocycles. The third-order valence-electron chi connectivity index (χ3n) is 6.77. The predicted molar refractivity (Wildman–Crippen MR) is 152 cm³/mol. The summed E-state index contributed by atoms with van der Waals surface area (Å²) in [5.41, 5.74) is 11.7. The fourth-order valence-electron chi connectivity index (χ4n) is 4.74. The number of rotatable bonds is 4. The zero-order valence-electron chi connectivity index (χ0n) is 20.8. The molecule has 6 aromatic rings. The molecule has 0 saturated carbocycles. The Kier molecular flexibility index (Phi) is 7.15. The topological polar surface area (TPSA) is 12.9 Å². The van der Waals surface area contributed by atoms with E-state index >= 15 is 0 Å². The van der Waals surface area contributed by atoms with Gasteiger partial charge in [-0.05, 0) is 82.4 Å². The van der Waals surface area contributed by atoms with Crippen LogP contribution in [0.1, 0.15) is 11.1 Å². The van der Waals surface area contributed by atoms with Crippen LogP contribution < -0.4 is 0 Å². The van der Waals surface area contributed by atoms with Crippen LogP contribution >= 0.6 is 0 Å². The van der Waals surface area contributed by atoms with Crippen LogP contribution in [0.15, 0.2) is 121 Å². The standard InChI is InChI=1S/C35H26N.Ir/c1-24-10-14-26(15-11-24)31-21-32(27-16-12-25(2)13-17-27)23-33(22-31)29-7-5-8-30(20-29)35-34-9-4-3-6-28(34)18-19-36-35;/h3-7,9-23H,1-2H3;/q-1;. The van der Waals surface area contributed by atoms with Crippen molar-refractivity contribution in [2.24, 2.45) is 0 Å².